The van der Waals surface area contributed by atoms with Gasteiger partial charge < -0.3 is 5.32 Å². The van der Waals surface area contributed by atoms with E-state index in [1.165, 1.54) is 11.8 Å². The molecule has 0 radical (unpaired) electrons. The molecule has 0 bridgehead atoms. The van der Waals surface area contributed by atoms with Crippen molar-refractivity contribution in [3.05, 3.63) is 81.8 Å². The largest absolute Gasteiger partial charge is 0.336 e. The minimum absolute atomic E-state index is 0.291. The van der Waals surface area contributed by atoms with Gasteiger partial charge in [0, 0.05) is 17.2 Å². The van der Waals surface area contributed by atoms with Crippen molar-refractivity contribution in [1.29, 1.82) is 5.26 Å². The Bertz CT molecular complexity index is 947. The molecule has 0 aliphatic heterocycles. The SMILES string of the molecule is C/C(=N\C=C\CNC(=O)N(N)c1ccc(C#N)cc1)S/C=C/c1ccc(Br)cc1. The molecule has 0 heterocycles. The number of amides is 2. The molecule has 0 aliphatic rings. The normalized spacial score (nSPS) is 11.6. The average molecular weight is 470 g/mol. The minimum Gasteiger partial charge on any atom is -0.333 e. The second-order valence-corrected chi connectivity index (χ2v) is 7.73. The molecular weight excluding hydrogens is 450 g/mol. The van der Waals surface area contributed by atoms with Gasteiger partial charge in [0.25, 0.3) is 0 Å². The zero-order valence-electron chi connectivity index (χ0n) is 15.7. The van der Waals surface area contributed by atoms with E-state index in [9.17, 15) is 4.79 Å². The molecule has 2 rings (SSSR count). The Balaban J connectivity index is 1.74. The van der Waals surface area contributed by atoms with Gasteiger partial charge in [-0.25, -0.2) is 15.6 Å². The van der Waals surface area contributed by atoms with Gasteiger partial charge in [-0.2, -0.15) is 5.26 Å². The number of anilines is 1. The molecule has 0 aliphatic carbocycles. The van der Waals surface area contributed by atoms with Crippen LogP contribution >= 0.6 is 27.7 Å². The number of thioether (sulfide) groups is 1. The molecule has 8 heteroatoms. The third-order valence-electron chi connectivity index (χ3n) is 3.60. The third-order valence-corrected chi connectivity index (χ3v) is 4.84. The number of carbonyl (C=O) groups excluding carboxylic acids is 1. The number of nitrogens with one attached hydrogen (secondary N) is 1. The lowest BCUT2D eigenvalue weighted by molar-refractivity contribution is 0.247. The highest BCUT2D eigenvalue weighted by atomic mass is 79.9. The highest BCUT2D eigenvalue weighted by Gasteiger charge is 2.10. The standard InChI is InChI=1S/C21H20BrN5OS/c1-16(29-14-11-17-3-7-19(22)8-4-17)25-12-2-13-26-21(28)27(24)20-9-5-18(15-23)6-10-20/h2-12,14H,13,24H2,1H3,(H,26,28)/b12-2+,14-11+,25-16+. The highest BCUT2D eigenvalue weighted by molar-refractivity contribution is 9.10. The van der Waals surface area contributed by atoms with Gasteiger partial charge in [-0.15, -0.1) is 0 Å². The molecule has 3 N–H and O–H groups in total. The lowest BCUT2D eigenvalue weighted by atomic mass is 10.2. The number of aliphatic imine (C=N–C) groups is 1. The van der Waals surface area contributed by atoms with E-state index in [0.717, 1.165) is 20.1 Å². The van der Waals surface area contributed by atoms with Crippen LogP contribution < -0.4 is 16.2 Å². The molecule has 0 aromatic heterocycles. The molecule has 0 fully saturated rings. The molecule has 0 unspecified atom stereocenters. The van der Waals surface area contributed by atoms with Gasteiger partial charge in [0.1, 0.15) is 0 Å². The molecule has 0 atom stereocenters. The van der Waals surface area contributed by atoms with Crippen LogP contribution in [0, 0.1) is 11.3 Å². The number of rotatable bonds is 6. The second-order valence-electron chi connectivity index (χ2n) is 5.72. The first-order valence-electron chi connectivity index (χ1n) is 8.60. The average Bonchev–Trinajstić information content (AvgIpc) is 2.74. The Morgan fingerprint density at radius 3 is 2.62 bits per heavy atom. The summed E-state index contributed by atoms with van der Waals surface area (Å²) in [5.41, 5.74) is 2.11. The molecule has 6 nitrogen and oxygen atoms in total. The maximum absolute atomic E-state index is 12.0. The topological polar surface area (TPSA) is 94.5 Å². The van der Waals surface area contributed by atoms with E-state index in [2.05, 4.69) is 26.2 Å². The molecule has 2 aromatic carbocycles. The number of nitrogens with zero attached hydrogens (tertiary/aromatic N) is 3. The van der Waals surface area contributed by atoms with Crippen molar-refractivity contribution >= 4 is 50.5 Å². The molecule has 0 saturated heterocycles. The Hall–Kier alpha value is -2.86. The monoisotopic (exact) mass is 469 g/mol. The molecular formula is C21H20BrN5OS. The Morgan fingerprint density at radius 2 is 1.97 bits per heavy atom. The molecule has 0 saturated carbocycles. The zero-order valence-corrected chi connectivity index (χ0v) is 18.2. The lowest BCUT2D eigenvalue weighted by Crippen LogP contribution is -2.44. The van der Waals surface area contributed by atoms with E-state index >= 15 is 0 Å². The number of hydrogen-bond acceptors (Lipinski definition) is 5. The lowest BCUT2D eigenvalue weighted by Gasteiger charge is -2.16. The maximum Gasteiger partial charge on any atom is 0.336 e. The van der Waals surface area contributed by atoms with Gasteiger partial charge >= 0.3 is 6.03 Å². The van der Waals surface area contributed by atoms with Crippen molar-refractivity contribution in [1.82, 2.24) is 5.32 Å². The summed E-state index contributed by atoms with van der Waals surface area (Å²) in [7, 11) is 0. The van der Waals surface area contributed by atoms with Crippen molar-refractivity contribution in [2.45, 2.75) is 6.92 Å². The fourth-order valence-corrected chi connectivity index (χ4v) is 2.88. The van der Waals surface area contributed by atoms with Gasteiger partial charge in [-0.05, 0) is 66.4 Å². The van der Waals surface area contributed by atoms with E-state index < -0.39 is 6.03 Å². The second kappa shape index (κ2) is 11.9. The Kier molecular flexibility index (Phi) is 9.18. The van der Waals surface area contributed by atoms with Crippen molar-refractivity contribution in [2.24, 2.45) is 10.8 Å². The number of benzene rings is 2. The summed E-state index contributed by atoms with van der Waals surface area (Å²) in [6, 6.07) is 16.0. The quantitative estimate of drug-likeness (QED) is 0.203. The van der Waals surface area contributed by atoms with Crippen LogP contribution in [0.3, 0.4) is 0 Å². The molecule has 2 amide bonds. The van der Waals surface area contributed by atoms with Crippen LogP contribution in [0.1, 0.15) is 18.1 Å². The number of hydrogen-bond donors (Lipinski definition) is 2. The summed E-state index contributed by atoms with van der Waals surface area (Å²) in [5, 5.41) is 15.3. The summed E-state index contributed by atoms with van der Waals surface area (Å²) in [6.45, 7) is 2.20. The first kappa shape index (κ1) is 22.4. The highest BCUT2D eigenvalue weighted by Crippen LogP contribution is 2.14. The van der Waals surface area contributed by atoms with Crippen LogP contribution in [-0.4, -0.2) is 17.6 Å². The van der Waals surface area contributed by atoms with Crippen LogP contribution in [0.4, 0.5) is 10.5 Å². The molecule has 2 aromatic rings. The summed E-state index contributed by atoms with van der Waals surface area (Å²) < 4.78 is 1.05. The summed E-state index contributed by atoms with van der Waals surface area (Å²) in [5.74, 6) is 5.78. The number of halogens is 1. The van der Waals surface area contributed by atoms with Crippen molar-refractivity contribution in [2.75, 3.05) is 11.6 Å². The number of urea groups is 1. The van der Waals surface area contributed by atoms with Crippen LogP contribution in [0.25, 0.3) is 6.08 Å². The summed E-state index contributed by atoms with van der Waals surface area (Å²) >= 11 is 4.92. The van der Waals surface area contributed by atoms with Crippen LogP contribution in [-0.2, 0) is 0 Å². The molecule has 0 spiro atoms. The number of carbonyl (C=O) groups is 1. The summed E-state index contributed by atoms with van der Waals surface area (Å²) in [4.78, 5) is 16.3. The third kappa shape index (κ3) is 7.95. The first-order chi connectivity index (χ1) is 14.0. The first-order valence-corrected chi connectivity index (χ1v) is 10.3. The fourth-order valence-electron chi connectivity index (χ4n) is 2.07. The Morgan fingerprint density at radius 1 is 1.28 bits per heavy atom. The van der Waals surface area contributed by atoms with Gasteiger partial charge in [0.15, 0.2) is 0 Å². The molecule has 148 valence electrons. The van der Waals surface area contributed by atoms with E-state index in [1.54, 1.807) is 36.5 Å². The van der Waals surface area contributed by atoms with Gasteiger partial charge in [0.2, 0.25) is 0 Å². The van der Waals surface area contributed by atoms with Crippen LogP contribution in [0.2, 0.25) is 0 Å². The maximum atomic E-state index is 12.0. The minimum atomic E-state index is -0.452. The van der Waals surface area contributed by atoms with E-state index in [4.69, 9.17) is 11.1 Å². The molecule has 29 heavy (non-hydrogen) atoms. The number of nitrogens with two attached hydrogens (primary N) is 1. The van der Waals surface area contributed by atoms with Crippen LogP contribution in [0.15, 0.2) is 75.7 Å². The van der Waals surface area contributed by atoms with Gasteiger partial charge in [-0.3, -0.25) is 4.99 Å². The van der Waals surface area contributed by atoms with Gasteiger partial charge in [0.05, 0.1) is 22.4 Å². The predicted octanol–water partition coefficient (Wildman–Crippen LogP) is 5.05. The van der Waals surface area contributed by atoms with E-state index in [-0.39, 0.29) is 0 Å². The predicted molar refractivity (Wildman–Crippen MR) is 124 cm³/mol. The van der Waals surface area contributed by atoms with Crippen LogP contribution in [0.5, 0.6) is 0 Å². The van der Waals surface area contributed by atoms with Gasteiger partial charge in [-0.1, -0.05) is 39.8 Å². The number of nitriles is 1. The zero-order chi connectivity index (χ0) is 21.1. The van der Waals surface area contributed by atoms with E-state index in [0.29, 0.717) is 17.8 Å². The van der Waals surface area contributed by atoms with Crippen molar-refractivity contribution in [3.8, 4) is 6.07 Å². The fraction of sp³-hybridized carbons (Fsp3) is 0.0952. The van der Waals surface area contributed by atoms with Crippen molar-refractivity contribution < 1.29 is 4.79 Å². The number of hydrazine groups is 1. The summed E-state index contributed by atoms with van der Waals surface area (Å²) in [6.07, 6.45) is 5.38. The van der Waals surface area contributed by atoms with Crippen molar-refractivity contribution in [3.63, 3.8) is 0 Å². The van der Waals surface area contributed by atoms with E-state index in [1.807, 2.05) is 48.7 Å². The Labute approximate surface area is 182 Å². The smallest absolute Gasteiger partial charge is 0.333 e.